The molecule has 328 valence electrons. The zero-order valence-corrected chi connectivity index (χ0v) is 40.0. The second kappa shape index (κ2) is 18.2. The van der Waals surface area contributed by atoms with Crippen LogP contribution in [0.4, 0.5) is 11.4 Å². The molecule has 70 heavy (non-hydrogen) atoms. The van der Waals surface area contributed by atoms with E-state index in [1.54, 1.807) is 0 Å². The molecule has 11 aromatic rings. The molecule has 6 heteroatoms. The quantitative estimate of drug-likeness (QED) is 0.113. The van der Waals surface area contributed by atoms with E-state index in [0.29, 0.717) is 0 Å². The van der Waals surface area contributed by atoms with E-state index in [1.165, 1.54) is 5.56 Å². The molecular formula is C64H39IrN5+. The fourth-order valence-electron chi connectivity index (χ4n) is 10.0. The molecule has 0 spiro atoms. The van der Waals surface area contributed by atoms with Gasteiger partial charge in [-0.25, -0.2) is 0 Å². The van der Waals surface area contributed by atoms with Crippen molar-refractivity contribution in [2.24, 2.45) is 5.11 Å². The average molecular weight is 1070 g/mol. The van der Waals surface area contributed by atoms with E-state index in [9.17, 15) is 0 Å². The normalized spacial score (nSPS) is 13.0. The van der Waals surface area contributed by atoms with Crippen LogP contribution in [0.25, 0.3) is 101 Å². The van der Waals surface area contributed by atoms with E-state index in [0.717, 1.165) is 117 Å². The molecule has 0 fully saturated rings. The fourth-order valence-corrected chi connectivity index (χ4v) is 10.0. The van der Waals surface area contributed by atoms with Crippen molar-refractivity contribution in [1.82, 2.24) is 15.0 Å². The third kappa shape index (κ3) is 7.61. The average Bonchev–Trinajstić information content (AvgIpc) is 3.84. The van der Waals surface area contributed by atoms with Gasteiger partial charge in [0.05, 0.1) is 5.69 Å². The van der Waals surface area contributed by atoms with Crippen molar-refractivity contribution >= 4 is 11.4 Å². The Labute approximate surface area is 420 Å². The first-order valence-electron chi connectivity index (χ1n) is 23.1. The first-order chi connectivity index (χ1) is 34.2. The van der Waals surface area contributed by atoms with Gasteiger partial charge in [-0.15, -0.1) is 102 Å². The molecule has 0 amide bonds. The van der Waals surface area contributed by atoms with Gasteiger partial charge in [-0.3, -0.25) is 4.98 Å². The Morgan fingerprint density at radius 1 is 0.371 bits per heavy atom. The number of nitrogens with zero attached hydrogens (tertiary/aromatic N) is 5. The zero-order valence-electron chi connectivity index (χ0n) is 37.6. The zero-order chi connectivity index (χ0) is 45.7. The van der Waals surface area contributed by atoms with Gasteiger partial charge in [-0.2, -0.15) is 0 Å². The van der Waals surface area contributed by atoms with Gasteiger partial charge in [0.15, 0.2) is 0 Å². The maximum absolute atomic E-state index is 5.22. The van der Waals surface area contributed by atoms with Gasteiger partial charge < -0.3 is 9.97 Å². The standard InChI is InChI=1S/C64H39N5.Ir/c1-3-17-42(18-4-1)59-33-31-44(39-65-59)50-21-7-9-23-52(50)46-35-47(53-24-10-8-22-51(53)45-32-34-60(66-40-45)43-19-5-2-6-20-43)37-48(36-46)54-25-11-12-26-55(54)49-38-62-63(67-41-49)56-27-13-14-28-57(56)64-58-29-15-16-30-61(58)68-69(62)64;/h1-17,19,21-26,28-41,64H;/q-2;+3. The second-order valence-corrected chi connectivity index (χ2v) is 17.4. The smallest absolute Gasteiger partial charge is 0.304 e. The Morgan fingerprint density at radius 2 is 0.829 bits per heavy atom. The summed E-state index contributed by atoms with van der Waals surface area (Å²) < 4.78 is 2.15. The molecule has 0 N–H and O–H groups in total. The molecule has 1 atom stereocenters. The molecule has 3 aromatic heterocycles. The Balaban J connectivity index is 0.00000505. The summed E-state index contributed by atoms with van der Waals surface area (Å²) in [4.78, 5) is 15.1. The van der Waals surface area contributed by atoms with Crippen molar-refractivity contribution in [3.63, 3.8) is 0 Å². The third-order valence-corrected chi connectivity index (χ3v) is 13.3. The monoisotopic (exact) mass is 1070 g/mol. The van der Waals surface area contributed by atoms with E-state index in [-0.39, 0.29) is 26.1 Å². The molecule has 0 saturated carbocycles. The summed E-state index contributed by atoms with van der Waals surface area (Å²) in [5.41, 5.74) is 22.8. The largest absolute Gasteiger partial charge is 3.00 e. The molecule has 0 bridgehead atoms. The minimum Gasteiger partial charge on any atom is -0.304 e. The fraction of sp³-hybridized carbons (Fsp3) is 0.0156. The number of fused-ring (bicyclic) bond motifs is 8. The molecule has 0 saturated heterocycles. The van der Waals surface area contributed by atoms with Crippen LogP contribution in [0.2, 0.25) is 0 Å². The van der Waals surface area contributed by atoms with Gasteiger partial charge >= 0.3 is 20.1 Å². The minimum absolute atomic E-state index is 0. The maximum atomic E-state index is 5.22. The summed E-state index contributed by atoms with van der Waals surface area (Å²) in [5, 5.41) is 5.19. The van der Waals surface area contributed by atoms with Crippen molar-refractivity contribution in [3.8, 4) is 101 Å². The van der Waals surface area contributed by atoms with E-state index in [2.05, 4.69) is 181 Å². The second-order valence-electron chi connectivity index (χ2n) is 17.4. The van der Waals surface area contributed by atoms with Gasteiger partial charge in [-0.05, 0) is 102 Å². The Morgan fingerprint density at radius 3 is 1.34 bits per heavy atom. The molecule has 1 unspecified atom stereocenters. The number of hydrogen-bond donors (Lipinski definition) is 0. The van der Waals surface area contributed by atoms with Gasteiger partial charge in [0.2, 0.25) is 11.7 Å². The van der Waals surface area contributed by atoms with E-state index >= 15 is 0 Å². The molecule has 5 heterocycles. The van der Waals surface area contributed by atoms with Crippen molar-refractivity contribution in [2.45, 2.75) is 6.04 Å². The number of hydrogen-bond acceptors (Lipinski definition) is 4. The van der Waals surface area contributed by atoms with E-state index in [4.69, 9.17) is 20.1 Å². The topological polar surface area (TPSA) is 54.0 Å². The van der Waals surface area contributed by atoms with Crippen LogP contribution in [-0.2, 0) is 20.1 Å². The van der Waals surface area contributed by atoms with Gasteiger partial charge in [-0.1, -0.05) is 126 Å². The molecule has 2 aliphatic rings. The molecule has 0 aliphatic carbocycles. The number of azo groups is 2. The SMILES string of the molecule is [Ir+3].[c-]1ccccc1-c1ccc(-c2ccccc2-c2cc(-c3ccccc3-c3ccc(-c4[c-]cccc4)nc3)cc(-c3ccccc3-c3cnc4c(c3)[N+]3=Nc5ccccc5C3c3ccc[c-]c3-4)c2)cn1. The Kier molecular flexibility index (Phi) is 11.1. The molecule has 2 aliphatic heterocycles. The van der Waals surface area contributed by atoms with Gasteiger partial charge in [0, 0.05) is 35.8 Å². The van der Waals surface area contributed by atoms with E-state index in [1.807, 2.05) is 73.2 Å². The van der Waals surface area contributed by atoms with Gasteiger partial charge in [0.1, 0.15) is 5.69 Å². The van der Waals surface area contributed by atoms with Crippen LogP contribution in [-0.4, -0.2) is 19.6 Å². The minimum atomic E-state index is -0.0565. The molecule has 8 aromatic carbocycles. The molecule has 5 nitrogen and oxygen atoms in total. The summed E-state index contributed by atoms with van der Waals surface area (Å²) in [7, 11) is 0. The van der Waals surface area contributed by atoms with Crippen LogP contribution in [0.1, 0.15) is 17.2 Å². The number of aromatic nitrogens is 3. The first-order valence-corrected chi connectivity index (χ1v) is 23.1. The summed E-state index contributed by atoms with van der Waals surface area (Å²) in [6.45, 7) is 0. The van der Waals surface area contributed by atoms with Crippen molar-refractivity contribution < 1.29 is 24.8 Å². The number of benzene rings is 8. The summed E-state index contributed by atoms with van der Waals surface area (Å²) >= 11 is 0. The van der Waals surface area contributed by atoms with Crippen LogP contribution in [0.5, 0.6) is 0 Å². The maximum Gasteiger partial charge on any atom is 3.00 e. The molecule has 0 radical (unpaired) electrons. The predicted octanol–water partition coefficient (Wildman–Crippen LogP) is 16.1. The van der Waals surface area contributed by atoms with E-state index < -0.39 is 0 Å². The van der Waals surface area contributed by atoms with Crippen LogP contribution >= 0.6 is 0 Å². The summed E-state index contributed by atoms with van der Waals surface area (Å²) in [6, 6.07) is 84.4. The first kappa shape index (κ1) is 42.8. The van der Waals surface area contributed by atoms with Crippen molar-refractivity contribution in [2.75, 3.05) is 0 Å². The summed E-state index contributed by atoms with van der Waals surface area (Å²) in [5.74, 6) is 0. The number of pyridine rings is 3. The Bertz CT molecular complexity index is 3630. The van der Waals surface area contributed by atoms with Crippen molar-refractivity contribution in [3.05, 3.63) is 260 Å². The molecule has 13 rings (SSSR count). The van der Waals surface area contributed by atoms with Crippen molar-refractivity contribution in [1.29, 1.82) is 0 Å². The molecular weight excluding hydrogens is 1030 g/mol. The predicted molar refractivity (Wildman–Crippen MR) is 276 cm³/mol. The third-order valence-electron chi connectivity index (χ3n) is 13.3. The summed E-state index contributed by atoms with van der Waals surface area (Å²) in [6.07, 6.45) is 5.96. The van der Waals surface area contributed by atoms with Gasteiger partial charge in [0.25, 0.3) is 0 Å². The van der Waals surface area contributed by atoms with Crippen LogP contribution in [0.3, 0.4) is 0 Å². The van der Waals surface area contributed by atoms with Crippen LogP contribution in [0, 0.1) is 18.2 Å². The number of rotatable bonds is 8. The Hall–Kier alpha value is -8.54. The van der Waals surface area contributed by atoms with Crippen LogP contribution < -0.4 is 0 Å². The van der Waals surface area contributed by atoms with Crippen LogP contribution in [0.15, 0.2) is 236 Å².